The second-order valence-corrected chi connectivity index (χ2v) is 13.7. The Balaban J connectivity index is 2.31. The Bertz CT molecular complexity index is 809. The molecule has 10 heteroatoms. The summed E-state index contributed by atoms with van der Waals surface area (Å²) in [4.78, 5) is 54.9. The van der Waals surface area contributed by atoms with Crippen molar-refractivity contribution in [1.82, 2.24) is 20.4 Å². The van der Waals surface area contributed by atoms with Crippen LogP contribution < -0.4 is 10.6 Å². The van der Waals surface area contributed by atoms with Crippen molar-refractivity contribution in [3.8, 4) is 0 Å². The zero-order chi connectivity index (χ0) is 29.8. The first-order valence-corrected chi connectivity index (χ1v) is 14.4. The highest BCUT2D eigenvalue weighted by Crippen LogP contribution is 2.33. The number of carbonyl (C=O) groups is 4. The van der Waals surface area contributed by atoms with E-state index in [4.69, 9.17) is 9.47 Å². The van der Waals surface area contributed by atoms with Gasteiger partial charge in [0.2, 0.25) is 0 Å². The van der Waals surface area contributed by atoms with E-state index in [1.54, 1.807) is 23.6 Å². The zero-order valence-corrected chi connectivity index (χ0v) is 25.9. The van der Waals surface area contributed by atoms with Crippen LogP contribution in [0.1, 0.15) is 101 Å². The number of hydrogen-bond acceptors (Lipinski definition) is 8. The molecule has 2 fully saturated rings. The highest BCUT2D eigenvalue weighted by molar-refractivity contribution is 6.33. The van der Waals surface area contributed by atoms with Crippen molar-refractivity contribution in [2.45, 2.75) is 136 Å². The van der Waals surface area contributed by atoms with Gasteiger partial charge in [0.1, 0.15) is 0 Å². The summed E-state index contributed by atoms with van der Waals surface area (Å²) >= 11 is 0. The van der Waals surface area contributed by atoms with Crippen molar-refractivity contribution in [2.24, 2.45) is 0 Å². The van der Waals surface area contributed by atoms with Gasteiger partial charge in [-0.3, -0.25) is 9.59 Å². The van der Waals surface area contributed by atoms with E-state index in [9.17, 15) is 19.2 Å². The van der Waals surface area contributed by atoms with Gasteiger partial charge < -0.3 is 29.9 Å². The minimum Gasteiger partial charge on any atom is -0.459 e. The van der Waals surface area contributed by atoms with Crippen LogP contribution in [0.3, 0.4) is 0 Å². The predicted molar refractivity (Wildman–Crippen MR) is 150 cm³/mol. The van der Waals surface area contributed by atoms with E-state index >= 15 is 0 Å². The van der Waals surface area contributed by atoms with E-state index < -0.39 is 23.8 Å². The maximum Gasteiger partial charge on any atom is 0.397 e. The minimum atomic E-state index is -0.868. The maximum absolute atomic E-state index is 13.3. The predicted octanol–water partition coefficient (Wildman–Crippen LogP) is 2.78. The molecule has 0 unspecified atom stereocenters. The average molecular weight is 553 g/mol. The van der Waals surface area contributed by atoms with Gasteiger partial charge in [-0.1, -0.05) is 0 Å². The molecule has 39 heavy (non-hydrogen) atoms. The van der Waals surface area contributed by atoms with Crippen LogP contribution in [0, 0.1) is 0 Å². The molecule has 0 aromatic rings. The monoisotopic (exact) mass is 552 g/mol. The Morgan fingerprint density at radius 1 is 0.615 bits per heavy atom. The van der Waals surface area contributed by atoms with Crippen molar-refractivity contribution in [2.75, 3.05) is 26.3 Å². The molecule has 0 atom stereocenters. The summed E-state index contributed by atoms with van der Waals surface area (Å²) in [5.74, 6) is -3.06. The van der Waals surface area contributed by atoms with Crippen LogP contribution >= 0.6 is 0 Å². The summed E-state index contributed by atoms with van der Waals surface area (Å²) in [6.45, 7) is 20.8. The van der Waals surface area contributed by atoms with Crippen LogP contribution in [-0.2, 0) is 28.7 Å². The largest absolute Gasteiger partial charge is 0.459 e. The van der Waals surface area contributed by atoms with Crippen LogP contribution in [0.4, 0.5) is 0 Å². The fourth-order valence-electron chi connectivity index (χ4n) is 6.91. The number of carbonyl (C=O) groups excluding carboxylic acids is 4. The molecule has 2 aliphatic heterocycles. The fraction of sp³-hybridized carbons (Fsp3) is 0.862. The summed E-state index contributed by atoms with van der Waals surface area (Å²) in [7, 11) is 0. The number of esters is 2. The standard InChI is InChI=1S/C29H52N4O6/c1-11-38-24(36)22(34)32(20-16-26(3,4)30-27(5,6)17-20)14-13-15-33(23(35)25(37)39-12-2)21-18-28(7,8)31-29(9,10)19-21/h20-21,30-31H,11-19H2,1-10H3. The number of piperidine rings is 2. The third-order valence-electron chi connectivity index (χ3n) is 7.44. The van der Waals surface area contributed by atoms with Crippen LogP contribution in [0.25, 0.3) is 0 Å². The molecule has 2 rings (SSSR count). The smallest absolute Gasteiger partial charge is 0.397 e. The lowest BCUT2D eigenvalue weighted by Gasteiger charge is -2.50. The number of nitrogens with zero attached hydrogens (tertiary/aromatic N) is 2. The zero-order valence-electron chi connectivity index (χ0n) is 25.9. The summed E-state index contributed by atoms with van der Waals surface area (Å²) < 4.78 is 10.1. The Labute approximate surface area is 234 Å². The van der Waals surface area contributed by atoms with Crippen molar-refractivity contribution >= 4 is 23.8 Å². The van der Waals surface area contributed by atoms with E-state index in [0.29, 0.717) is 32.1 Å². The lowest BCUT2D eigenvalue weighted by Crippen LogP contribution is -2.64. The van der Waals surface area contributed by atoms with Crippen molar-refractivity contribution in [3.63, 3.8) is 0 Å². The molecule has 2 aliphatic rings. The highest BCUT2D eigenvalue weighted by atomic mass is 16.5. The topological polar surface area (TPSA) is 117 Å². The van der Waals surface area contributed by atoms with Crippen molar-refractivity contribution in [1.29, 1.82) is 0 Å². The first kappa shape index (κ1) is 33.0. The Hall–Kier alpha value is -2.20. The molecule has 10 nitrogen and oxygen atoms in total. The van der Waals surface area contributed by atoms with Crippen molar-refractivity contribution < 1.29 is 28.7 Å². The van der Waals surface area contributed by atoms with Crippen molar-refractivity contribution in [3.05, 3.63) is 0 Å². The molecule has 0 aliphatic carbocycles. The van der Waals surface area contributed by atoms with Gasteiger partial charge in [-0.25, -0.2) is 9.59 Å². The summed E-state index contributed by atoms with van der Waals surface area (Å²) in [5.41, 5.74) is -0.953. The summed E-state index contributed by atoms with van der Waals surface area (Å²) in [5, 5.41) is 7.24. The third-order valence-corrected chi connectivity index (χ3v) is 7.44. The van der Waals surface area contributed by atoms with Crippen LogP contribution in [0.2, 0.25) is 0 Å². The van der Waals surface area contributed by atoms with Gasteiger partial charge in [0.25, 0.3) is 0 Å². The number of nitrogens with one attached hydrogen (secondary N) is 2. The van der Waals surface area contributed by atoms with Gasteiger partial charge >= 0.3 is 23.8 Å². The van der Waals surface area contributed by atoms with Gasteiger partial charge in [0, 0.05) is 47.3 Å². The van der Waals surface area contributed by atoms with E-state index in [1.807, 2.05) is 0 Å². The van der Waals surface area contributed by atoms with E-state index in [0.717, 1.165) is 0 Å². The fourth-order valence-corrected chi connectivity index (χ4v) is 6.91. The van der Waals surface area contributed by atoms with Crippen LogP contribution in [0.15, 0.2) is 0 Å². The van der Waals surface area contributed by atoms with Gasteiger partial charge in [0.15, 0.2) is 0 Å². The molecular formula is C29H52N4O6. The van der Waals surface area contributed by atoms with Gasteiger partial charge in [-0.05, 0) is 101 Å². The lowest BCUT2D eigenvalue weighted by molar-refractivity contribution is -0.163. The Morgan fingerprint density at radius 2 is 0.897 bits per heavy atom. The number of amides is 2. The Kier molecular flexibility index (Phi) is 10.6. The molecule has 2 heterocycles. The normalized spacial score (nSPS) is 22.0. The van der Waals surface area contributed by atoms with E-state index in [1.165, 1.54) is 0 Å². The maximum atomic E-state index is 13.3. The quantitative estimate of drug-likeness (QED) is 0.349. The second kappa shape index (κ2) is 12.5. The Morgan fingerprint density at radius 3 is 1.15 bits per heavy atom. The van der Waals surface area contributed by atoms with Crippen LogP contribution in [-0.4, -0.2) is 94.1 Å². The molecule has 224 valence electrons. The molecule has 0 radical (unpaired) electrons. The first-order chi connectivity index (χ1) is 17.8. The molecule has 2 amide bonds. The summed E-state index contributed by atoms with van der Waals surface area (Å²) in [6, 6.07) is -0.363. The number of hydrogen-bond donors (Lipinski definition) is 2. The van der Waals surface area contributed by atoms with E-state index in [-0.39, 0.29) is 60.5 Å². The average Bonchev–Trinajstić information content (AvgIpc) is 2.74. The first-order valence-electron chi connectivity index (χ1n) is 14.4. The SMILES string of the molecule is CCOC(=O)C(=O)N(CCCN(C(=O)C(=O)OCC)C1CC(C)(C)NC(C)(C)C1)C1CC(C)(C)NC(C)(C)C1. The molecule has 0 spiro atoms. The van der Waals surface area contributed by atoms with Gasteiger partial charge in [-0.2, -0.15) is 0 Å². The van der Waals surface area contributed by atoms with Crippen LogP contribution in [0.5, 0.6) is 0 Å². The molecule has 0 aromatic carbocycles. The number of ether oxygens (including phenoxy) is 2. The molecule has 2 saturated heterocycles. The summed E-state index contributed by atoms with van der Waals surface area (Å²) in [6.07, 6.45) is 3.09. The second-order valence-electron chi connectivity index (χ2n) is 13.7. The molecule has 0 bridgehead atoms. The van der Waals surface area contributed by atoms with Gasteiger partial charge in [0.05, 0.1) is 13.2 Å². The molecule has 0 aromatic heterocycles. The highest BCUT2D eigenvalue weighted by Gasteiger charge is 2.44. The van der Waals surface area contributed by atoms with Gasteiger partial charge in [-0.15, -0.1) is 0 Å². The van der Waals surface area contributed by atoms with E-state index in [2.05, 4.69) is 66.0 Å². The molecule has 0 saturated carbocycles. The number of rotatable bonds is 8. The molecular weight excluding hydrogens is 500 g/mol. The molecule has 2 N–H and O–H groups in total. The lowest BCUT2D eigenvalue weighted by atomic mass is 9.78. The third kappa shape index (κ3) is 9.45. The minimum absolute atomic E-state index is 0.116.